The van der Waals surface area contributed by atoms with Crippen LogP contribution < -0.4 is 4.74 Å². The van der Waals surface area contributed by atoms with Gasteiger partial charge in [-0.15, -0.1) is 0 Å². The number of methoxy groups -OCH3 is 1. The van der Waals surface area contributed by atoms with E-state index in [9.17, 15) is 4.79 Å². The molecule has 0 fully saturated rings. The van der Waals surface area contributed by atoms with Crippen molar-refractivity contribution in [3.8, 4) is 5.75 Å². The Morgan fingerprint density at radius 1 is 1.33 bits per heavy atom. The number of carbonyl (C=O) groups is 1. The first-order valence-corrected chi connectivity index (χ1v) is 4.35. The van der Waals surface area contributed by atoms with Crippen LogP contribution >= 0.6 is 0 Å². The molecule has 0 saturated heterocycles. The van der Waals surface area contributed by atoms with Gasteiger partial charge in [0.25, 0.3) is 0 Å². The number of rotatable bonds is 2. The van der Waals surface area contributed by atoms with Crippen LogP contribution in [0.2, 0.25) is 0 Å². The highest BCUT2D eigenvalue weighted by Gasteiger charge is 2.21. The van der Waals surface area contributed by atoms with E-state index < -0.39 is 5.97 Å². The number of benzene rings is 1. The molecular weight excluding hydrogens is 194 g/mol. The molecule has 0 radical (unpaired) electrons. The van der Waals surface area contributed by atoms with E-state index in [0.717, 1.165) is 11.3 Å². The van der Waals surface area contributed by atoms with Gasteiger partial charge in [-0.1, -0.05) is 6.58 Å². The van der Waals surface area contributed by atoms with Crippen LogP contribution in [0.5, 0.6) is 5.75 Å². The van der Waals surface area contributed by atoms with E-state index in [-0.39, 0.29) is 11.6 Å². The minimum atomic E-state index is -0.499. The molecule has 76 valence electrons. The Labute approximate surface area is 86.8 Å². The van der Waals surface area contributed by atoms with Crippen LogP contribution in [0.3, 0.4) is 0 Å². The van der Waals surface area contributed by atoms with E-state index in [0.29, 0.717) is 0 Å². The molecule has 1 aliphatic rings. The van der Waals surface area contributed by atoms with Gasteiger partial charge in [-0.05, 0) is 24.3 Å². The third-order valence-corrected chi connectivity index (χ3v) is 2.00. The summed E-state index contributed by atoms with van der Waals surface area (Å²) in [4.78, 5) is 14.9. The van der Waals surface area contributed by atoms with Gasteiger partial charge in [-0.3, -0.25) is 0 Å². The molecule has 2 rings (SSSR count). The highest BCUT2D eigenvalue weighted by molar-refractivity contribution is 6.10. The van der Waals surface area contributed by atoms with E-state index in [4.69, 9.17) is 9.47 Å². The quantitative estimate of drug-likeness (QED) is 0.540. The minimum absolute atomic E-state index is 0.126. The van der Waals surface area contributed by atoms with Crippen molar-refractivity contribution in [3.05, 3.63) is 42.1 Å². The third kappa shape index (κ3) is 1.74. The van der Waals surface area contributed by atoms with Crippen molar-refractivity contribution >= 4 is 11.9 Å². The molecule has 0 bridgehead atoms. The van der Waals surface area contributed by atoms with Gasteiger partial charge in [0.15, 0.2) is 0 Å². The maximum atomic E-state index is 11.0. The highest BCUT2D eigenvalue weighted by Crippen LogP contribution is 2.17. The molecular formula is C11H9NO3. The molecule has 0 spiro atoms. The first-order chi connectivity index (χ1) is 7.20. The zero-order valence-corrected chi connectivity index (χ0v) is 8.19. The largest absolute Gasteiger partial charge is 0.497 e. The van der Waals surface area contributed by atoms with Gasteiger partial charge in [-0.25, -0.2) is 9.79 Å². The number of hydrogen-bond acceptors (Lipinski definition) is 4. The van der Waals surface area contributed by atoms with Crippen LogP contribution in [0.25, 0.3) is 0 Å². The highest BCUT2D eigenvalue weighted by atomic mass is 16.6. The van der Waals surface area contributed by atoms with Gasteiger partial charge in [0.05, 0.1) is 7.11 Å². The van der Waals surface area contributed by atoms with Crippen molar-refractivity contribution in [2.24, 2.45) is 4.99 Å². The van der Waals surface area contributed by atoms with Gasteiger partial charge in [0.1, 0.15) is 11.4 Å². The summed E-state index contributed by atoms with van der Waals surface area (Å²) < 4.78 is 9.91. The Balaban J connectivity index is 2.28. The predicted molar refractivity (Wildman–Crippen MR) is 54.8 cm³/mol. The van der Waals surface area contributed by atoms with E-state index in [1.807, 2.05) is 0 Å². The van der Waals surface area contributed by atoms with Crippen LogP contribution in [0, 0.1) is 0 Å². The molecule has 1 aromatic carbocycles. The molecule has 0 N–H and O–H groups in total. The zero-order valence-electron chi connectivity index (χ0n) is 8.19. The van der Waals surface area contributed by atoms with Crippen molar-refractivity contribution in [1.82, 2.24) is 0 Å². The monoisotopic (exact) mass is 203 g/mol. The lowest BCUT2D eigenvalue weighted by Gasteiger charge is -2.01. The molecule has 4 heteroatoms. The number of esters is 1. The molecule has 0 aliphatic carbocycles. The van der Waals surface area contributed by atoms with Gasteiger partial charge in [0, 0.05) is 5.56 Å². The molecule has 1 aliphatic heterocycles. The summed E-state index contributed by atoms with van der Waals surface area (Å²) in [5, 5.41) is 0. The number of cyclic esters (lactones) is 1. The molecule has 0 unspecified atom stereocenters. The summed E-state index contributed by atoms with van der Waals surface area (Å²) >= 11 is 0. The Hall–Kier alpha value is -2.10. The summed E-state index contributed by atoms with van der Waals surface area (Å²) in [7, 11) is 1.59. The molecule has 15 heavy (non-hydrogen) atoms. The summed E-state index contributed by atoms with van der Waals surface area (Å²) in [6, 6.07) is 7.08. The fourth-order valence-corrected chi connectivity index (χ4v) is 1.19. The van der Waals surface area contributed by atoms with E-state index in [1.165, 1.54) is 0 Å². The Bertz CT molecular complexity index is 445. The summed E-state index contributed by atoms with van der Waals surface area (Å²) in [5.74, 6) is 0.524. The summed E-state index contributed by atoms with van der Waals surface area (Å²) in [5.41, 5.74) is 0.851. The molecule has 0 amide bonds. The maximum absolute atomic E-state index is 11.0. The lowest BCUT2D eigenvalue weighted by atomic mass is 10.2. The second kappa shape index (κ2) is 3.57. The van der Waals surface area contributed by atoms with E-state index in [2.05, 4.69) is 11.6 Å². The predicted octanol–water partition coefficient (Wildman–Crippen LogP) is 1.51. The number of aliphatic imine (C=N–C) groups is 1. The smallest absolute Gasteiger partial charge is 0.363 e. The molecule has 1 heterocycles. The van der Waals surface area contributed by atoms with E-state index in [1.54, 1.807) is 31.4 Å². The van der Waals surface area contributed by atoms with Crippen LogP contribution in [-0.4, -0.2) is 19.0 Å². The fourth-order valence-electron chi connectivity index (χ4n) is 1.19. The second-order valence-electron chi connectivity index (χ2n) is 2.98. The maximum Gasteiger partial charge on any atom is 0.363 e. The van der Waals surface area contributed by atoms with Crippen molar-refractivity contribution in [3.63, 3.8) is 0 Å². The topological polar surface area (TPSA) is 47.9 Å². The summed E-state index contributed by atoms with van der Waals surface area (Å²) in [6.45, 7) is 3.46. The zero-order chi connectivity index (χ0) is 10.8. The van der Waals surface area contributed by atoms with Crippen molar-refractivity contribution < 1.29 is 14.3 Å². The number of ether oxygens (including phenoxy) is 2. The SMILES string of the molecule is C=C1N=C(c2ccc(OC)cc2)OC1=O. The molecule has 0 aromatic heterocycles. The number of hydrogen-bond donors (Lipinski definition) is 0. The average Bonchev–Trinajstić information content (AvgIpc) is 2.59. The van der Waals surface area contributed by atoms with Crippen molar-refractivity contribution in [2.45, 2.75) is 0 Å². The average molecular weight is 203 g/mol. The van der Waals surface area contributed by atoms with Crippen molar-refractivity contribution in [2.75, 3.05) is 7.11 Å². The number of carbonyl (C=O) groups excluding carboxylic acids is 1. The van der Waals surface area contributed by atoms with Gasteiger partial charge < -0.3 is 9.47 Å². The molecule has 4 nitrogen and oxygen atoms in total. The van der Waals surface area contributed by atoms with Gasteiger partial charge >= 0.3 is 5.97 Å². The molecule has 0 saturated carbocycles. The van der Waals surface area contributed by atoms with Crippen molar-refractivity contribution in [1.29, 1.82) is 0 Å². The standard InChI is InChI=1S/C11H9NO3/c1-7-11(13)15-10(12-7)8-3-5-9(14-2)6-4-8/h3-6H,1H2,2H3. The molecule has 1 aromatic rings. The van der Waals surface area contributed by atoms with Crippen LogP contribution in [-0.2, 0) is 9.53 Å². The Morgan fingerprint density at radius 3 is 2.47 bits per heavy atom. The van der Waals surface area contributed by atoms with Crippen LogP contribution in [0.4, 0.5) is 0 Å². The minimum Gasteiger partial charge on any atom is -0.497 e. The van der Waals surface area contributed by atoms with Gasteiger partial charge in [-0.2, -0.15) is 0 Å². The van der Waals surface area contributed by atoms with E-state index >= 15 is 0 Å². The first-order valence-electron chi connectivity index (χ1n) is 4.35. The normalized spacial score (nSPS) is 14.9. The fraction of sp³-hybridized carbons (Fsp3) is 0.0909. The molecule has 0 atom stereocenters. The Morgan fingerprint density at radius 2 is 2.00 bits per heavy atom. The number of nitrogens with zero attached hydrogens (tertiary/aromatic N) is 1. The van der Waals surface area contributed by atoms with Gasteiger partial charge in [0.2, 0.25) is 5.90 Å². The lowest BCUT2D eigenvalue weighted by molar-refractivity contribution is -0.129. The lowest BCUT2D eigenvalue weighted by Crippen LogP contribution is -2.04. The second-order valence-corrected chi connectivity index (χ2v) is 2.98. The first kappa shape index (κ1) is 9.45. The summed E-state index contributed by atoms with van der Waals surface area (Å²) in [6.07, 6.45) is 0. The Kier molecular flexibility index (Phi) is 2.25. The van der Waals surface area contributed by atoms with Crippen LogP contribution in [0.1, 0.15) is 5.56 Å². The third-order valence-electron chi connectivity index (χ3n) is 2.00. The van der Waals surface area contributed by atoms with Crippen LogP contribution in [0.15, 0.2) is 41.5 Å².